The van der Waals surface area contributed by atoms with Gasteiger partial charge < -0.3 is 5.32 Å². The minimum atomic E-state index is -3.72. The van der Waals surface area contributed by atoms with Crippen molar-refractivity contribution in [3.05, 3.63) is 53.1 Å². The highest BCUT2D eigenvalue weighted by atomic mass is 35.5. The molecular formula is C20H25ClN2O3S2. The number of amides is 1. The highest BCUT2D eigenvalue weighted by molar-refractivity contribution is 7.99. The summed E-state index contributed by atoms with van der Waals surface area (Å²) < 4.78 is 26.4. The fourth-order valence-corrected chi connectivity index (χ4v) is 5.11. The predicted molar refractivity (Wildman–Crippen MR) is 119 cm³/mol. The van der Waals surface area contributed by atoms with E-state index in [4.69, 9.17) is 11.6 Å². The number of rotatable bonds is 8. The Bertz CT molecular complexity index is 948. The summed E-state index contributed by atoms with van der Waals surface area (Å²) in [4.78, 5) is 14.0. The quantitative estimate of drug-likeness (QED) is 0.590. The molecule has 1 atom stereocenters. The first-order chi connectivity index (χ1) is 13.2. The summed E-state index contributed by atoms with van der Waals surface area (Å²) in [5.74, 6) is 0.484. The number of carbonyl (C=O) groups excluding carboxylic acids is 1. The van der Waals surface area contributed by atoms with Crippen LogP contribution in [-0.4, -0.2) is 32.4 Å². The summed E-state index contributed by atoms with van der Waals surface area (Å²) in [5, 5.41) is 3.32. The van der Waals surface area contributed by atoms with E-state index in [1.807, 2.05) is 31.2 Å². The molecule has 0 heterocycles. The van der Waals surface area contributed by atoms with Crippen LogP contribution in [0.1, 0.15) is 25.8 Å². The number of hydrogen-bond acceptors (Lipinski definition) is 4. The molecule has 5 nitrogen and oxygen atoms in total. The molecule has 0 aliphatic rings. The minimum absolute atomic E-state index is 0.313. The van der Waals surface area contributed by atoms with Crippen molar-refractivity contribution < 1.29 is 13.2 Å². The Morgan fingerprint density at radius 2 is 1.89 bits per heavy atom. The van der Waals surface area contributed by atoms with Gasteiger partial charge in [-0.15, -0.1) is 11.8 Å². The van der Waals surface area contributed by atoms with Crippen molar-refractivity contribution >= 4 is 50.7 Å². The Hall–Kier alpha value is -1.70. The molecule has 152 valence electrons. The number of sulfonamides is 1. The van der Waals surface area contributed by atoms with Crippen molar-refractivity contribution in [2.75, 3.05) is 21.6 Å². The number of aryl methyl sites for hydroxylation is 1. The van der Waals surface area contributed by atoms with Crippen LogP contribution in [-0.2, 0) is 14.8 Å². The lowest BCUT2D eigenvalue weighted by molar-refractivity contribution is -0.117. The maximum Gasteiger partial charge on any atom is 0.248 e. The van der Waals surface area contributed by atoms with E-state index in [1.165, 1.54) is 4.31 Å². The zero-order valence-corrected chi connectivity index (χ0v) is 18.8. The van der Waals surface area contributed by atoms with E-state index in [1.54, 1.807) is 43.8 Å². The molecule has 0 aliphatic heterocycles. The molecule has 0 aliphatic carbocycles. The van der Waals surface area contributed by atoms with Crippen molar-refractivity contribution in [1.82, 2.24) is 0 Å². The SMILES string of the molecule is CCSc1ccccc1NC(=O)[C@H](CC)N(c1cc(Cl)ccc1C)S(C)(=O)=O. The van der Waals surface area contributed by atoms with Gasteiger partial charge in [-0.3, -0.25) is 9.10 Å². The van der Waals surface area contributed by atoms with E-state index < -0.39 is 16.1 Å². The lowest BCUT2D eigenvalue weighted by Gasteiger charge is -2.31. The van der Waals surface area contributed by atoms with Crippen molar-refractivity contribution in [1.29, 1.82) is 0 Å². The van der Waals surface area contributed by atoms with Gasteiger partial charge in [0.05, 0.1) is 17.6 Å². The standard InChI is InChI=1S/C20H25ClN2O3S2/c1-5-17(20(24)22-16-9-7-8-10-19(16)27-6-2)23(28(4,25)26)18-13-15(21)12-11-14(18)3/h7-13,17H,5-6H2,1-4H3,(H,22,24)/t17-/m0/s1. The zero-order chi connectivity index (χ0) is 20.9. The minimum Gasteiger partial charge on any atom is -0.323 e. The number of nitrogens with zero attached hydrogens (tertiary/aromatic N) is 1. The van der Waals surface area contributed by atoms with E-state index in [9.17, 15) is 13.2 Å². The number of anilines is 2. The first-order valence-electron chi connectivity index (χ1n) is 8.97. The monoisotopic (exact) mass is 440 g/mol. The van der Waals surface area contributed by atoms with Crippen LogP contribution in [0.3, 0.4) is 0 Å². The summed E-state index contributed by atoms with van der Waals surface area (Å²) in [6, 6.07) is 11.6. The van der Waals surface area contributed by atoms with Gasteiger partial charge >= 0.3 is 0 Å². The fourth-order valence-electron chi connectivity index (χ4n) is 2.92. The highest BCUT2D eigenvalue weighted by Gasteiger charge is 2.32. The van der Waals surface area contributed by atoms with Crippen molar-refractivity contribution in [2.24, 2.45) is 0 Å². The molecule has 8 heteroatoms. The molecule has 1 N–H and O–H groups in total. The van der Waals surface area contributed by atoms with Crippen molar-refractivity contribution in [3.8, 4) is 0 Å². The van der Waals surface area contributed by atoms with Crippen LogP contribution in [0.4, 0.5) is 11.4 Å². The number of halogens is 1. The average Bonchev–Trinajstić information content (AvgIpc) is 2.62. The second kappa shape index (κ2) is 9.67. The zero-order valence-electron chi connectivity index (χ0n) is 16.4. The van der Waals surface area contributed by atoms with Crippen LogP contribution in [0.5, 0.6) is 0 Å². The number of carbonyl (C=O) groups is 1. The molecule has 0 fully saturated rings. The smallest absolute Gasteiger partial charge is 0.248 e. The molecule has 0 aromatic heterocycles. The third kappa shape index (κ3) is 5.43. The average molecular weight is 441 g/mol. The van der Waals surface area contributed by atoms with Crippen LogP contribution < -0.4 is 9.62 Å². The summed E-state index contributed by atoms with van der Waals surface area (Å²) in [5.41, 5.74) is 1.81. The molecule has 0 bridgehead atoms. The first-order valence-corrected chi connectivity index (χ1v) is 12.2. The van der Waals surface area contributed by atoms with Gasteiger partial charge in [0.1, 0.15) is 6.04 Å². The first kappa shape index (κ1) is 22.6. The molecule has 0 saturated carbocycles. The van der Waals surface area contributed by atoms with Crippen molar-refractivity contribution in [3.63, 3.8) is 0 Å². The topological polar surface area (TPSA) is 66.5 Å². The highest BCUT2D eigenvalue weighted by Crippen LogP contribution is 2.31. The summed E-state index contributed by atoms with van der Waals surface area (Å²) in [7, 11) is -3.72. The summed E-state index contributed by atoms with van der Waals surface area (Å²) >= 11 is 7.71. The molecule has 1 amide bonds. The van der Waals surface area contributed by atoms with E-state index in [-0.39, 0.29) is 5.91 Å². The van der Waals surface area contributed by atoms with Crippen LogP contribution >= 0.6 is 23.4 Å². The van der Waals surface area contributed by atoms with Crippen LogP contribution in [0.25, 0.3) is 0 Å². The Morgan fingerprint density at radius 1 is 1.21 bits per heavy atom. The van der Waals surface area contributed by atoms with Crippen molar-refractivity contribution in [2.45, 2.75) is 38.1 Å². The Morgan fingerprint density at radius 3 is 2.50 bits per heavy atom. The normalized spacial score (nSPS) is 12.5. The second-order valence-electron chi connectivity index (χ2n) is 6.33. The van der Waals surface area contributed by atoms with Gasteiger partial charge in [0.15, 0.2) is 0 Å². The molecule has 0 unspecified atom stereocenters. The molecule has 2 aromatic rings. The predicted octanol–water partition coefficient (Wildman–Crippen LogP) is 4.94. The van der Waals surface area contributed by atoms with Gasteiger partial charge in [-0.1, -0.05) is 43.6 Å². The van der Waals surface area contributed by atoms with Gasteiger partial charge in [0.2, 0.25) is 15.9 Å². The Labute approximate surface area is 176 Å². The summed E-state index contributed by atoms with van der Waals surface area (Å²) in [6.07, 6.45) is 1.41. The molecular weight excluding hydrogens is 416 g/mol. The van der Waals surface area contributed by atoms with Crippen LogP contribution in [0, 0.1) is 6.92 Å². The third-order valence-electron chi connectivity index (χ3n) is 4.18. The molecule has 28 heavy (non-hydrogen) atoms. The van der Waals surface area contributed by atoms with E-state index in [2.05, 4.69) is 5.32 Å². The van der Waals surface area contributed by atoms with E-state index in [0.717, 1.165) is 22.5 Å². The second-order valence-corrected chi connectivity index (χ2v) is 9.93. The number of thioether (sulfide) groups is 1. The molecule has 0 radical (unpaired) electrons. The van der Waals surface area contributed by atoms with Crippen LogP contribution in [0.2, 0.25) is 5.02 Å². The maximum atomic E-state index is 13.1. The lowest BCUT2D eigenvalue weighted by atomic mass is 10.1. The summed E-state index contributed by atoms with van der Waals surface area (Å²) in [6.45, 7) is 5.61. The maximum absolute atomic E-state index is 13.1. The van der Waals surface area contributed by atoms with E-state index in [0.29, 0.717) is 22.8 Å². The van der Waals surface area contributed by atoms with Gasteiger partial charge in [0, 0.05) is 9.92 Å². The molecule has 2 rings (SSSR count). The number of nitrogens with one attached hydrogen (secondary N) is 1. The Kier molecular flexibility index (Phi) is 7.80. The number of para-hydroxylation sites is 1. The molecule has 0 saturated heterocycles. The molecule has 2 aromatic carbocycles. The number of benzene rings is 2. The molecule has 0 spiro atoms. The van der Waals surface area contributed by atoms with Gasteiger partial charge in [-0.05, 0) is 48.9 Å². The van der Waals surface area contributed by atoms with Gasteiger partial charge in [-0.2, -0.15) is 0 Å². The fraction of sp³-hybridized carbons (Fsp3) is 0.350. The largest absolute Gasteiger partial charge is 0.323 e. The lowest BCUT2D eigenvalue weighted by Crippen LogP contribution is -2.47. The third-order valence-corrected chi connectivity index (χ3v) is 6.54. The number of hydrogen-bond donors (Lipinski definition) is 1. The van der Waals surface area contributed by atoms with E-state index >= 15 is 0 Å². The Balaban J connectivity index is 2.44. The van der Waals surface area contributed by atoms with Crippen LogP contribution in [0.15, 0.2) is 47.4 Å². The van der Waals surface area contributed by atoms with Gasteiger partial charge in [0.25, 0.3) is 0 Å². The van der Waals surface area contributed by atoms with Gasteiger partial charge in [-0.25, -0.2) is 8.42 Å².